The molecule has 2 aliphatic rings. The van der Waals surface area contributed by atoms with E-state index in [-0.39, 0.29) is 18.3 Å². The largest absolute Gasteiger partial charge is 0.493 e. The van der Waals surface area contributed by atoms with Gasteiger partial charge < -0.3 is 23.7 Å². The zero-order valence-electron chi connectivity index (χ0n) is 13.1. The van der Waals surface area contributed by atoms with Gasteiger partial charge in [0.05, 0.1) is 19.8 Å². The van der Waals surface area contributed by atoms with E-state index < -0.39 is 0 Å². The first kappa shape index (κ1) is 14.4. The lowest BCUT2D eigenvalue weighted by molar-refractivity contribution is 0.101. The lowest BCUT2D eigenvalue weighted by Gasteiger charge is -2.10. The summed E-state index contributed by atoms with van der Waals surface area (Å²) in [7, 11) is 3.04. The molecule has 2 aromatic carbocycles. The number of allylic oxidation sites excluding steroid dienone is 1. The summed E-state index contributed by atoms with van der Waals surface area (Å²) in [6, 6.07) is 8.78. The lowest BCUT2D eigenvalue weighted by atomic mass is 10.1. The molecule has 0 aromatic heterocycles. The highest BCUT2D eigenvalue weighted by atomic mass is 16.7. The number of ether oxygens (including phenoxy) is 5. The molecule has 0 spiro atoms. The van der Waals surface area contributed by atoms with Crippen molar-refractivity contribution in [1.29, 1.82) is 0 Å². The second-order valence-corrected chi connectivity index (χ2v) is 5.23. The zero-order chi connectivity index (χ0) is 16.7. The molecule has 0 atom stereocenters. The number of hydrogen-bond donors (Lipinski definition) is 0. The minimum Gasteiger partial charge on any atom is -0.493 e. The third-order valence-corrected chi connectivity index (χ3v) is 3.87. The van der Waals surface area contributed by atoms with Crippen molar-refractivity contribution in [3.63, 3.8) is 0 Å². The Morgan fingerprint density at radius 2 is 1.88 bits per heavy atom. The van der Waals surface area contributed by atoms with Crippen LogP contribution in [0.15, 0.2) is 36.1 Å². The van der Waals surface area contributed by atoms with Crippen molar-refractivity contribution in [2.24, 2.45) is 0 Å². The number of methoxy groups -OCH3 is 2. The molecule has 0 amide bonds. The number of fused-ring (bicyclic) bond motifs is 2. The Kier molecular flexibility index (Phi) is 3.30. The van der Waals surface area contributed by atoms with Crippen LogP contribution in [0.25, 0.3) is 6.08 Å². The molecule has 6 heteroatoms. The van der Waals surface area contributed by atoms with Gasteiger partial charge in [-0.2, -0.15) is 0 Å². The maximum Gasteiger partial charge on any atom is 0.232 e. The number of ketones is 1. The van der Waals surface area contributed by atoms with Crippen molar-refractivity contribution >= 4 is 11.9 Å². The number of Topliss-reactive ketones (excluding diaryl/α,β-unsaturated/α-hetero) is 1. The zero-order valence-corrected chi connectivity index (χ0v) is 13.1. The molecule has 122 valence electrons. The monoisotopic (exact) mass is 326 g/mol. The van der Waals surface area contributed by atoms with Crippen LogP contribution in [-0.4, -0.2) is 26.8 Å². The average Bonchev–Trinajstić information content (AvgIpc) is 3.19. The fourth-order valence-electron chi connectivity index (χ4n) is 2.72. The molecule has 0 bridgehead atoms. The number of carbonyl (C=O) groups is 1. The number of hydrogen-bond acceptors (Lipinski definition) is 6. The van der Waals surface area contributed by atoms with Gasteiger partial charge in [0.15, 0.2) is 28.8 Å². The van der Waals surface area contributed by atoms with Gasteiger partial charge in [-0.1, -0.05) is 6.07 Å². The van der Waals surface area contributed by atoms with Crippen molar-refractivity contribution in [1.82, 2.24) is 0 Å². The van der Waals surface area contributed by atoms with E-state index in [1.54, 1.807) is 30.3 Å². The van der Waals surface area contributed by atoms with Crippen LogP contribution >= 0.6 is 0 Å². The molecule has 2 aromatic rings. The minimum atomic E-state index is -0.205. The second-order valence-electron chi connectivity index (χ2n) is 5.23. The van der Waals surface area contributed by atoms with E-state index in [0.29, 0.717) is 34.3 Å². The summed E-state index contributed by atoms with van der Waals surface area (Å²) in [6.07, 6.45) is 1.66. The topological polar surface area (TPSA) is 63.2 Å². The van der Waals surface area contributed by atoms with Crippen LogP contribution in [0.4, 0.5) is 0 Å². The molecule has 0 radical (unpaired) electrons. The Hall–Kier alpha value is -3.15. The summed E-state index contributed by atoms with van der Waals surface area (Å²) in [4.78, 5) is 12.6. The van der Waals surface area contributed by atoms with Gasteiger partial charge in [0.2, 0.25) is 18.3 Å². The van der Waals surface area contributed by atoms with Gasteiger partial charge in [0.25, 0.3) is 0 Å². The van der Waals surface area contributed by atoms with Gasteiger partial charge in [-0.3, -0.25) is 4.79 Å². The van der Waals surface area contributed by atoms with Crippen molar-refractivity contribution in [2.45, 2.75) is 0 Å². The smallest absolute Gasteiger partial charge is 0.232 e. The summed E-state index contributed by atoms with van der Waals surface area (Å²) in [6.45, 7) is 0.202. The number of carbonyl (C=O) groups excluding carboxylic acids is 1. The summed E-state index contributed by atoms with van der Waals surface area (Å²) in [5, 5.41) is 0. The van der Waals surface area contributed by atoms with E-state index in [1.807, 2.05) is 6.07 Å². The highest BCUT2D eigenvalue weighted by molar-refractivity contribution is 6.15. The summed E-state index contributed by atoms with van der Waals surface area (Å²) in [5.41, 5.74) is 1.22. The Morgan fingerprint density at radius 1 is 1.04 bits per heavy atom. The number of rotatable bonds is 3. The number of benzene rings is 2. The molecule has 0 N–H and O–H groups in total. The maximum atomic E-state index is 12.6. The molecule has 0 unspecified atom stereocenters. The van der Waals surface area contributed by atoms with Gasteiger partial charge >= 0.3 is 0 Å². The van der Waals surface area contributed by atoms with Gasteiger partial charge in [-0.15, -0.1) is 0 Å². The van der Waals surface area contributed by atoms with E-state index in [9.17, 15) is 4.79 Å². The molecule has 6 nitrogen and oxygen atoms in total. The Labute approximate surface area is 138 Å². The summed E-state index contributed by atoms with van der Waals surface area (Å²) < 4.78 is 26.9. The Morgan fingerprint density at radius 3 is 2.67 bits per heavy atom. The summed E-state index contributed by atoms with van der Waals surface area (Å²) in [5.74, 6) is 2.62. The lowest BCUT2D eigenvalue weighted by Crippen LogP contribution is -1.98. The van der Waals surface area contributed by atoms with Crippen LogP contribution in [-0.2, 0) is 0 Å². The molecule has 0 fully saturated rings. The van der Waals surface area contributed by atoms with E-state index in [2.05, 4.69) is 0 Å². The van der Waals surface area contributed by atoms with Gasteiger partial charge in [0.1, 0.15) is 0 Å². The van der Waals surface area contributed by atoms with Crippen molar-refractivity contribution < 1.29 is 28.5 Å². The molecule has 4 rings (SSSR count). The fourth-order valence-corrected chi connectivity index (χ4v) is 2.72. The molecular formula is C18H14O6. The van der Waals surface area contributed by atoms with E-state index >= 15 is 0 Å². The average molecular weight is 326 g/mol. The first-order valence-electron chi connectivity index (χ1n) is 7.30. The normalized spacial score (nSPS) is 16.1. The molecule has 0 saturated carbocycles. The molecule has 0 saturated heterocycles. The van der Waals surface area contributed by atoms with Crippen LogP contribution in [0.5, 0.6) is 28.7 Å². The predicted octanol–water partition coefficient (Wildman–Crippen LogP) is 3.05. The molecule has 24 heavy (non-hydrogen) atoms. The van der Waals surface area contributed by atoms with Crippen molar-refractivity contribution in [3.05, 3.63) is 47.2 Å². The van der Waals surface area contributed by atoms with Crippen molar-refractivity contribution in [2.75, 3.05) is 21.0 Å². The van der Waals surface area contributed by atoms with Gasteiger partial charge in [-0.25, -0.2) is 0 Å². The Bertz CT molecular complexity index is 868. The first-order valence-corrected chi connectivity index (χ1v) is 7.30. The molecular weight excluding hydrogens is 312 g/mol. The minimum absolute atomic E-state index is 0.202. The third kappa shape index (κ3) is 2.15. The predicted molar refractivity (Wildman–Crippen MR) is 85.0 cm³/mol. The first-order chi connectivity index (χ1) is 11.7. The van der Waals surface area contributed by atoms with Crippen LogP contribution in [0.2, 0.25) is 0 Å². The van der Waals surface area contributed by atoms with E-state index in [0.717, 1.165) is 5.56 Å². The van der Waals surface area contributed by atoms with E-state index in [1.165, 1.54) is 14.2 Å². The SMILES string of the molecule is COc1ccc2c(c1OC)O/C(=C/c1ccc3c(c1)OCO3)C2=O. The summed E-state index contributed by atoms with van der Waals surface area (Å²) >= 11 is 0. The molecule has 2 aliphatic heterocycles. The van der Waals surface area contributed by atoms with Crippen LogP contribution in [0.1, 0.15) is 15.9 Å². The van der Waals surface area contributed by atoms with Crippen LogP contribution < -0.4 is 23.7 Å². The maximum absolute atomic E-state index is 12.6. The van der Waals surface area contributed by atoms with Crippen LogP contribution in [0.3, 0.4) is 0 Å². The molecule has 2 heterocycles. The third-order valence-electron chi connectivity index (χ3n) is 3.87. The van der Waals surface area contributed by atoms with E-state index in [4.69, 9.17) is 23.7 Å². The standard InChI is InChI=1S/C18H14O6/c1-20-13-6-4-11-16(19)15(24-17(11)18(13)21-2)8-10-3-5-12-14(7-10)23-9-22-12/h3-8H,9H2,1-2H3/b15-8+. The van der Waals surface area contributed by atoms with Crippen molar-refractivity contribution in [3.8, 4) is 28.7 Å². The Balaban J connectivity index is 1.72. The van der Waals surface area contributed by atoms with Gasteiger partial charge in [-0.05, 0) is 35.9 Å². The quantitative estimate of drug-likeness (QED) is 0.808. The fraction of sp³-hybridized carbons (Fsp3) is 0.167. The molecule has 0 aliphatic carbocycles. The highest BCUT2D eigenvalue weighted by Crippen LogP contribution is 2.45. The van der Waals surface area contributed by atoms with Gasteiger partial charge in [0, 0.05) is 0 Å². The second kappa shape index (κ2) is 5.49. The van der Waals surface area contributed by atoms with Crippen LogP contribution in [0, 0.1) is 0 Å². The highest BCUT2D eigenvalue weighted by Gasteiger charge is 2.32.